The highest BCUT2D eigenvalue weighted by Gasteiger charge is 2.35. The Morgan fingerprint density at radius 1 is 0.943 bits per heavy atom. The van der Waals surface area contributed by atoms with Gasteiger partial charge in [0.25, 0.3) is 0 Å². The van der Waals surface area contributed by atoms with Crippen LogP contribution in [0.25, 0.3) is 6.08 Å². The Bertz CT molecular complexity index is 912. The predicted molar refractivity (Wildman–Crippen MR) is 139 cm³/mol. The van der Waals surface area contributed by atoms with Crippen LogP contribution in [0.1, 0.15) is 69.4 Å². The molecule has 192 valence electrons. The van der Waals surface area contributed by atoms with Crippen molar-refractivity contribution in [3.63, 3.8) is 0 Å². The summed E-state index contributed by atoms with van der Waals surface area (Å²) in [6.45, 7) is 3.64. The fourth-order valence-corrected chi connectivity index (χ4v) is 5.39. The second-order valence-corrected chi connectivity index (χ2v) is 10.1. The summed E-state index contributed by atoms with van der Waals surface area (Å²) in [7, 11) is 1.53. The van der Waals surface area contributed by atoms with E-state index in [-0.39, 0.29) is 23.8 Å². The standard InChI is InChI=1S/C27H35IO7/c1-17-16-24(14-12-19(17)13-15-25(29)35-28)34-27(31)23-10-6-21(7-11-23)20-4-8-22(9-5-20)26(30)33-18(2)32-3/h12-16,18,20-23H,4-11H2,1-3H3/b15-13+. The summed E-state index contributed by atoms with van der Waals surface area (Å²) in [4.78, 5) is 36.3. The van der Waals surface area contributed by atoms with E-state index in [1.165, 1.54) is 13.2 Å². The smallest absolute Gasteiger partial charge is 0.340 e. The summed E-state index contributed by atoms with van der Waals surface area (Å²) < 4.78 is 20.6. The third-order valence-corrected chi connectivity index (χ3v) is 7.86. The van der Waals surface area contributed by atoms with Crippen LogP contribution in [-0.4, -0.2) is 31.3 Å². The first-order valence-electron chi connectivity index (χ1n) is 12.4. The SMILES string of the molecule is COC(C)OC(=O)C1CCC(C2CCC(C(=O)Oc3ccc(/C=C/C(=O)OI)c(C)c3)CC2)CC1. The molecule has 0 heterocycles. The van der Waals surface area contributed by atoms with E-state index in [4.69, 9.17) is 14.2 Å². The van der Waals surface area contributed by atoms with Crippen LogP contribution in [-0.2, 0) is 26.9 Å². The minimum absolute atomic E-state index is 0.0272. The van der Waals surface area contributed by atoms with Gasteiger partial charge in [0.2, 0.25) is 0 Å². The van der Waals surface area contributed by atoms with Gasteiger partial charge in [0.1, 0.15) is 5.75 Å². The molecule has 7 nitrogen and oxygen atoms in total. The van der Waals surface area contributed by atoms with E-state index in [1.807, 2.05) is 19.1 Å². The van der Waals surface area contributed by atoms with Crippen molar-refractivity contribution < 1.29 is 31.7 Å². The molecule has 2 saturated carbocycles. The van der Waals surface area contributed by atoms with Crippen molar-refractivity contribution in [3.05, 3.63) is 35.4 Å². The van der Waals surface area contributed by atoms with Gasteiger partial charge in [0.15, 0.2) is 29.3 Å². The fraction of sp³-hybridized carbons (Fsp3) is 0.593. The van der Waals surface area contributed by atoms with E-state index in [0.717, 1.165) is 62.5 Å². The largest absolute Gasteiger partial charge is 0.436 e. The maximum Gasteiger partial charge on any atom is 0.340 e. The number of hydrogen-bond donors (Lipinski definition) is 0. The van der Waals surface area contributed by atoms with Gasteiger partial charge in [0, 0.05) is 13.2 Å². The van der Waals surface area contributed by atoms with Gasteiger partial charge in [-0.25, -0.2) is 4.79 Å². The third-order valence-electron chi connectivity index (χ3n) is 7.43. The van der Waals surface area contributed by atoms with Crippen LogP contribution in [0.4, 0.5) is 0 Å². The Morgan fingerprint density at radius 2 is 1.51 bits per heavy atom. The molecule has 8 heteroatoms. The van der Waals surface area contributed by atoms with Gasteiger partial charge in [-0.1, -0.05) is 6.07 Å². The number of halogens is 1. The molecule has 0 radical (unpaired) electrons. The second kappa shape index (κ2) is 13.4. The average molecular weight is 598 g/mol. The lowest BCUT2D eigenvalue weighted by Gasteiger charge is -2.36. The average Bonchev–Trinajstić information content (AvgIpc) is 2.88. The summed E-state index contributed by atoms with van der Waals surface area (Å²) in [5.74, 6) is 0.900. The van der Waals surface area contributed by atoms with E-state index in [1.54, 1.807) is 42.1 Å². The Labute approximate surface area is 221 Å². The van der Waals surface area contributed by atoms with Gasteiger partial charge >= 0.3 is 17.9 Å². The van der Waals surface area contributed by atoms with Crippen LogP contribution >= 0.6 is 23.0 Å². The first kappa shape index (κ1) is 27.6. The number of esters is 2. The number of ether oxygens (including phenoxy) is 3. The molecule has 3 rings (SSSR count). The molecule has 2 aliphatic carbocycles. The van der Waals surface area contributed by atoms with Crippen LogP contribution in [0.5, 0.6) is 5.75 Å². The van der Waals surface area contributed by atoms with E-state index >= 15 is 0 Å². The highest BCUT2D eigenvalue weighted by atomic mass is 127. The molecule has 0 aliphatic heterocycles. The molecule has 0 saturated heterocycles. The van der Waals surface area contributed by atoms with Crippen molar-refractivity contribution in [1.82, 2.24) is 0 Å². The Morgan fingerprint density at radius 3 is 2.03 bits per heavy atom. The normalized spacial score (nSPS) is 25.6. The molecule has 0 bridgehead atoms. The lowest BCUT2D eigenvalue weighted by atomic mass is 9.69. The number of rotatable bonds is 8. The summed E-state index contributed by atoms with van der Waals surface area (Å²) in [6.07, 6.45) is 10.1. The molecule has 0 amide bonds. The molecule has 2 fully saturated rings. The van der Waals surface area contributed by atoms with E-state index < -0.39 is 12.3 Å². The Kier molecular flexibility index (Phi) is 10.6. The summed E-state index contributed by atoms with van der Waals surface area (Å²) in [5.41, 5.74) is 1.77. The van der Waals surface area contributed by atoms with Gasteiger partial charge in [-0.2, -0.15) is 0 Å². The minimum Gasteiger partial charge on any atom is -0.436 e. The third kappa shape index (κ3) is 8.03. The molecule has 1 aromatic carbocycles. The molecule has 0 spiro atoms. The number of methoxy groups -OCH3 is 1. The number of aryl methyl sites for hydroxylation is 1. The van der Waals surface area contributed by atoms with E-state index in [9.17, 15) is 14.4 Å². The quantitative estimate of drug-likeness (QED) is 0.120. The molecular formula is C27H35IO7. The first-order valence-corrected chi connectivity index (χ1v) is 13.2. The van der Waals surface area contributed by atoms with Crippen LogP contribution in [0.3, 0.4) is 0 Å². The van der Waals surface area contributed by atoms with E-state index in [2.05, 4.69) is 3.07 Å². The second-order valence-electron chi connectivity index (χ2n) is 9.63. The summed E-state index contributed by atoms with van der Waals surface area (Å²) >= 11 is 1.55. The fourth-order valence-electron chi connectivity index (χ4n) is 5.24. The highest BCUT2D eigenvalue weighted by Crippen LogP contribution is 2.42. The molecule has 35 heavy (non-hydrogen) atoms. The van der Waals surface area contributed by atoms with Crippen LogP contribution in [0.15, 0.2) is 24.3 Å². The molecule has 1 atom stereocenters. The number of carbonyl (C=O) groups excluding carboxylic acids is 3. The van der Waals surface area contributed by atoms with Gasteiger partial charge in [-0.3, -0.25) is 9.59 Å². The monoisotopic (exact) mass is 598 g/mol. The molecular weight excluding hydrogens is 563 g/mol. The van der Waals surface area contributed by atoms with Crippen molar-refractivity contribution in [1.29, 1.82) is 0 Å². The van der Waals surface area contributed by atoms with Gasteiger partial charge in [0.05, 0.1) is 11.8 Å². The molecule has 1 aromatic rings. The first-order chi connectivity index (χ1) is 16.8. The maximum absolute atomic E-state index is 12.8. The molecule has 0 aromatic heterocycles. The molecule has 2 aliphatic rings. The van der Waals surface area contributed by atoms with Gasteiger partial charge in [-0.05, 0) is 106 Å². The van der Waals surface area contributed by atoms with Gasteiger partial charge < -0.3 is 17.3 Å². The van der Waals surface area contributed by atoms with Crippen molar-refractivity contribution in [2.45, 2.75) is 71.5 Å². The summed E-state index contributed by atoms with van der Waals surface area (Å²) in [6, 6.07) is 5.39. The van der Waals surface area contributed by atoms with Crippen molar-refractivity contribution in [2.24, 2.45) is 23.7 Å². The summed E-state index contributed by atoms with van der Waals surface area (Å²) in [5, 5.41) is 0. The van der Waals surface area contributed by atoms with Crippen molar-refractivity contribution >= 4 is 47.0 Å². The number of benzene rings is 1. The van der Waals surface area contributed by atoms with Crippen molar-refractivity contribution in [3.8, 4) is 5.75 Å². The molecule has 1 unspecified atom stereocenters. The lowest BCUT2D eigenvalue weighted by Crippen LogP contribution is -2.32. The van der Waals surface area contributed by atoms with Gasteiger partial charge in [-0.15, -0.1) is 0 Å². The van der Waals surface area contributed by atoms with Crippen LogP contribution in [0.2, 0.25) is 0 Å². The predicted octanol–water partition coefficient (Wildman–Crippen LogP) is 5.96. The lowest BCUT2D eigenvalue weighted by molar-refractivity contribution is -0.176. The maximum atomic E-state index is 12.8. The van der Waals surface area contributed by atoms with Crippen molar-refractivity contribution in [2.75, 3.05) is 7.11 Å². The highest BCUT2D eigenvalue weighted by molar-refractivity contribution is 14.1. The zero-order valence-corrected chi connectivity index (χ0v) is 22.8. The zero-order chi connectivity index (χ0) is 25.4. The topological polar surface area (TPSA) is 88.1 Å². The number of carbonyl (C=O) groups is 3. The Balaban J connectivity index is 1.43. The van der Waals surface area contributed by atoms with Crippen LogP contribution < -0.4 is 4.74 Å². The minimum atomic E-state index is -0.500. The zero-order valence-electron chi connectivity index (χ0n) is 20.7. The number of hydrogen-bond acceptors (Lipinski definition) is 7. The Hall–Kier alpha value is -1.94. The van der Waals surface area contributed by atoms with E-state index in [0.29, 0.717) is 17.6 Å². The van der Waals surface area contributed by atoms with Crippen LogP contribution in [0, 0.1) is 30.6 Å². The molecule has 0 N–H and O–H groups in total.